The summed E-state index contributed by atoms with van der Waals surface area (Å²) in [5.41, 5.74) is 0.818. The maximum Gasteiger partial charge on any atom is 0.242 e. The third kappa shape index (κ3) is 3.68. The highest BCUT2D eigenvalue weighted by atomic mass is 35.5. The lowest BCUT2D eigenvalue weighted by Crippen LogP contribution is -2.30. The van der Waals surface area contributed by atoms with E-state index in [0.717, 1.165) is 5.56 Å². The molecule has 0 aliphatic rings. The first kappa shape index (κ1) is 13.8. The van der Waals surface area contributed by atoms with Crippen molar-refractivity contribution >= 4 is 29.1 Å². The van der Waals surface area contributed by atoms with E-state index in [1.54, 1.807) is 18.2 Å². The number of amides is 1. The third-order valence-corrected chi connectivity index (χ3v) is 3.14. The number of carbonyl (C=O) groups excluding carboxylic acids is 1. The molecule has 1 amide bonds. The molecule has 2 aromatic rings. The Balaban J connectivity index is 2.00. The van der Waals surface area contributed by atoms with E-state index in [-0.39, 0.29) is 18.5 Å². The van der Waals surface area contributed by atoms with E-state index in [4.69, 9.17) is 23.2 Å². The molecule has 5 nitrogen and oxygen atoms in total. The van der Waals surface area contributed by atoms with E-state index < -0.39 is 0 Å². The first-order valence-electron chi connectivity index (χ1n) is 5.63. The Morgan fingerprint density at radius 3 is 2.89 bits per heavy atom. The highest BCUT2D eigenvalue weighted by Gasteiger charge is 2.13. The fourth-order valence-corrected chi connectivity index (χ4v) is 2.25. The van der Waals surface area contributed by atoms with Gasteiger partial charge in [-0.3, -0.25) is 4.79 Å². The van der Waals surface area contributed by atoms with Gasteiger partial charge in [0.25, 0.3) is 0 Å². The summed E-state index contributed by atoms with van der Waals surface area (Å²) in [7, 11) is 0. The van der Waals surface area contributed by atoms with Gasteiger partial charge >= 0.3 is 0 Å². The maximum atomic E-state index is 11.8. The van der Waals surface area contributed by atoms with Gasteiger partial charge in [0, 0.05) is 10.0 Å². The number of aromatic nitrogens is 3. The van der Waals surface area contributed by atoms with Gasteiger partial charge in [-0.15, -0.1) is 0 Å². The van der Waals surface area contributed by atoms with Gasteiger partial charge in [-0.25, -0.2) is 9.67 Å². The van der Waals surface area contributed by atoms with Crippen LogP contribution in [0.15, 0.2) is 30.9 Å². The quantitative estimate of drug-likeness (QED) is 0.943. The molecule has 1 aromatic carbocycles. The van der Waals surface area contributed by atoms with Gasteiger partial charge in [0.15, 0.2) is 0 Å². The van der Waals surface area contributed by atoms with Gasteiger partial charge in [-0.1, -0.05) is 29.3 Å². The SMILES string of the molecule is CC(NC(=O)Cn1cncn1)c1ccc(Cl)cc1Cl. The van der Waals surface area contributed by atoms with Crippen molar-refractivity contribution in [2.45, 2.75) is 19.5 Å². The molecule has 0 fully saturated rings. The third-order valence-electron chi connectivity index (χ3n) is 2.58. The Labute approximate surface area is 120 Å². The van der Waals surface area contributed by atoms with E-state index in [2.05, 4.69) is 15.4 Å². The number of nitrogens with zero attached hydrogens (tertiary/aromatic N) is 3. The van der Waals surface area contributed by atoms with Crippen molar-refractivity contribution in [2.24, 2.45) is 0 Å². The molecule has 0 bridgehead atoms. The molecule has 0 aliphatic heterocycles. The van der Waals surface area contributed by atoms with Gasteiger partial charge in [-0.05, 0) is 24.6 Å². The maximum absolute atomic E-state index is 11.8. The van der Waals surface area contributed by atoms with E-state index in [1.807, 2.05) is 6.92 Å². The van der Waals surface area contributed by atoms with Crippen LogP contribution in [0.5, 0.6) is 0 Å². The van der Waals surface area contributed by atoms with E-state index in [1.165, 1.54) is 17.3 Å². The topological polar surface area (TPSA) is 59.8 Å². The molecule has 1 atom stereocenters. The number of hydrogen-bond acceptors (Lipinski definition) is 3. The average Bonchev–Trinajstić information content (AvgIpc) is 2.81. The summed E-state index contributed by atoms with van der Waals surface area (Å²) < 4.78 is 1.45. The lowest BCUT2D eigenvalue weighted by Gasteiger charge is -2.15. The zero-order valence-electron chi connectivity index (χ0n) is 10.2. The zero-order valence-corrected chi connectivity index (χ0v) is 11.7. The Kier molecular flexibility index (Phi) is 4.39. The summed E-state index contributed by atoms with van der Waals surface area (Å²) in [4.78, 5) is 15.6. The number of rotatable bonds is 4. The van der Waals surface area contributed by atoms with Crippen LogP contribution in [0.3, 0.4) is 0 Å². The molecule has 0 saturated carbocycles. The minimum Gasteiger partial charge on any atom is -0.348 e. The Bertz CT molecular complexity index is 571. The van der Waals surface area contributed by atoms with Crippen LogP contribution in [0.4, 0.5) is 0 Å². The molecule has 0 spiro atoms. The van der Waals surface area contributed by atoms with E-state index >= 15 is 0 Å². The van der Waals surface area contributed by atoms with Crippen molar-refractivity contribution in [1.29, 1.82) is 0 Å². The smallest absolute Gasteiger partial charge is 0.242 e. The monoisotopic (exact) mass is 298 g/mol. The van der Waals surface area contributed by atoms with Crippen molar-refractivity contribution in [3.05, 3.63) is 46.5 Å². The van der Waals surface area contributed by atoms with Crippen LogP contribution in [0.25, 0.3) is 0 Å². The van der Waals surface area contributed by atoms with Gasteiger partial charge in [0.05, 0.1) is 6.04 Å². The van der Waals surface area contributed by atoms with Crippen molar-refractivity contribution in [2.75, 3.05) is 0 Å². The number of carbonyl (C=O) groups is 1. The summed E-state index contributed by atoms with van der Waals surface area (Å²) in [6.45, 7) is 1.98. The number of nitrogens with one attached hydrogen (secondary N) is 1. The molecular weight excluding hydrogens is 287 g/mol. The largest absolute Gasteiger partial charge is 0.348 e. The van der Waals surface area contributed by atoms with Crippen LogP contribution in [-0.2, 0) is 11.3 Å². The minimum atomic E-state index is -0.208. The lowest BCUT2D eigenvalue weighted by molar-refractivity contribution is -0.122. The van der Waals surface area contributed by atoms with Crippen molar-refractivity contribution in [1.82, 2.24) is 20.1 Å². The molecule has 0 radical (unpaired) electrons. The Hall–Kier alpha value is -1.59. The van der Waals surface area contributed by atoms with E-state index in [9.17, 15) is 4.79 Å². The van der Waals surface area contributed by atoms with Crippen LogP contribution >= 0.6 is 23.2 Å². The number of halogens is 2. The Morgan fingerprint density at radius 1 is 1.47 bits per heavy atom. The molecule has 1 unspecified atom stereocenters. The first-order valence-corrected chi connectivity index (χ1v) is 6.38. The minimum absolute atomic E-state index is 0.121. The molecule has 1 heterocycles. The predicted molar refractivity (Wildman–Crippen MR) is 73.0 cm³/mol. The highest BCUT2D eigenvalue weighted by molar-refractivity contribution is 6.35. The highest BCUT2D eigenvalue weighted by Crippen LogP contribution is 2.25. The summed E-state index contributed by atoms with van der Waals surface area (Å²) in [5, 5.41) is 7.80. The molecular formula is C12H12Cl2N4O. The van der Waals surface area contributed by atoms with E-state index in [0.29, 0.717) is 10.0 Å². The van der Waals surface area contributed by atoms with Crippen molar-refractivity contribution < 1.29 is 4.79 Å². The normalized spacial score (nSPS) is 12.2. The molecule has 7 heteroatoms. The molecule has 19 heavy (non-hydrogen) atoms. The van der Waals surface area contributed by atoms with Crippen LogP contribution in [-0.4, -0.2) is 20.7 Å². The van der Waals surface area contributed by atoms with Crippen LogP contribution < -0.4 is 5.32 Å². The lowest BCUT2D eigenvalue weighted by atomic mass is 10.1. The van der Waals surface area contributed by atoms with Crippen LogP contribution in [0, 0.1) is 0 Å². The second-order valence-corrected chi connectivity index (χ2v) is 4.89. The second kappa shape index (κ2) is 6.04. The molecule has 100 valence electrons. The fourth-order valence-electron chi connectivity index (χ4n) is 1.68. The molecule has 0 saturated heterocycles. The molecule has 0 aliphatic carbocycles. The fraction of sp³-hybridized carbons (Fsp3) is 0.250. The number of hydrogen-bond donors (Lipinski definition) is 1. The zero-order chi connectivity index (χ0) is 13.8. The van der Waals surface area contributed by atoms with Crippen molar-refractivity contribution in [3.8, 4) is 0 Å². The predicted octanol–water partition coefficient (Wildman–Crippen LogP) is 2.46. The summed E-state index contributed by atoms with van der Waals surface area (Å²) in [6, 6.07) is 4.98. The summed E-state index contributed by atoms with van der Waals surface area (Å²) in [6.07, 6.45) is 2.87. The standard InChI is InChI=1S/C12H12Cl2N4O/c1-8(10-3-2-9(13)4-11(10)14)17-12(19)5-18-7-15-6-16-18/h2-4,6-8H,5H2,1H3,(H,17,19). The average molecular weight is 299 g/mol. The van der Waals surface area contributed by atoms with Gasteiger partial charge in [0.2, 0.25) is 5.91 Å². The van der Waals surface area contributed by atoms with Gasteiger partial charge in [-0.2, -0.15) is 5.10 Å². The molecule has 1 aromatic heterocycles. The Morgan fingerprint density at radius 2 is 2.26 bits per heavy atom. The molecule has 1 N–H and O–H groups in total. The number of benzene rings is 1. The summed E-state index contributed by atoms with van der Waals surface area (Å²) in [5.74, 6) is -0.163. The molecule has 2 rings (SSSR count). The van der Waals surface area contributed by atoms with Gasteiger partial charge < -0.3 is 5.32 Å². The second-order valence-electron chi connectivity index (χ2n) is 4.05. The van der Waals surface area contributed by atoms with Crippen LogP contribution in [0.1, 0.15) is 18.5 Å². The summed E-state index contributed by atoms with van der Waals surface area (Å²) >= 11 is 11.9. The van der Waals surface area contributed by atoms with Crippen molar-refractivity contribution in [3.63, 3.8) is 0 Å². The van der Waals surface area contributed by atoms with Crippen LogP contribution in [0.2, 0.25) is 10.0 Å². The first-order chi connectivity index (χ1) is 9.06. The van der Waals surface area contributed by atoms with Gasteiger partial charge in [0.1, 0.15) is 19.2 Å².